The average molecular weight is 442 g/mol. The van der Waals surface area contributed by atoms with Crippen molar-refractivity contribution in [2.45, 2.75) is 38.1 Å². The van der Waals surface area contributed by atoms with Crippen molar-refractivity contribution >= 4 is 15.9 Å². The van der Waals surface area contributed by atoms with E-state index in [0.29, 0.717) is 51.0 Å². The highest BCUT2D eigenvalue weighted by atomic mass is 32.2. The fourth-order valence-electron chi connectivity index (χ4n) is 5.26. The summed E-state index contributed by atoms with van der Waals surface area (Å²) in [5.41, 5.74) is -0.822. The second-order valence-electron chi connectivity index (χ2n) is 8.87. The van der Waals surface area contributed by atoms with Gasteiger partial charge in [-0.3, -0.25) is 9.69 Å². The predicted molar refractivity (Wildman–Crippen MR) is 109 cm³/mol. The van der Waals surface area contributed by atoms with E-state index < -0.39 is 33.1 Å². The van der Waals surface area contributed by atoms with Crippen LogP contribution in [0, 0.1) is 23.5 Å². The van der Waals surface area contributed by atoms with Gasteiger partial charge in [0.25, 0.3) is 5.91 Å². The molecule has 3 fully saturated rings. The molecule has 6 nitrogen and oxygen atoms in total. The lowest BCUT2D eigenvalue weighted by Crippen LogP contribution is -2.61. The van der Waals surface area contributed by atoms with Gasteiger partial charge >= 0.3 is 0 Å². The summed E-state index contributed by atoms with van der Waals surface area (Å²) >= 11 is 0. The topological polar surface area (TPSA) is 69.7 Å². The Hall–Kier alpha value is -1.58. The fourth-order valence-corrected chi connectivity index (χ4v) is 6.75. The lowest BCUT2D eigenvalue weighted by atomic mass is 9.89. The molecular weight excluding hydrogens is 412 g/mol. The number of sulfonamides is 1. The highest BCUT2D eigenvalue weighted by Gasteiger charge is 2.56. The van der Waals surface area contributed by atoms with Crippen molar-refractivity contribution in [3.63, 3.8) is 0 Å². The first-order chi connectivity index (χ1) is 14.3. The third kappa shape index (κ3) is 4.11. The molecule has 166 valence electrons. The number of benzene rings is 1. The number of nitrogens with zero attached hydrogens (tertiary/aromatic N) is 2. The van der Waals surface area contributed by atoms with Gasteiger partial charge in [-0.15, -0.1) is 0 Å². The molecule has 1 aliphatic heterocycles. The molecule has 1 aromatic carbocycles. The summed E-state index contributed by atoms with van der Waals surface area (Å²) in [7, 11) is -3.22. The van der Waals surface area contributed by atoms with Crippen LogP contribution in [0.1, 0.15) is 43.0 Å². The van der Waals surface area contributed by atoms with E-state index in [2.05, 4.69) is 10.2 Å². The number of carbonyl (C=O) groups is 1. The van der Waals surface area contributed by atoms with Gasteiger partial charge in [-0.25, -0.2) is 17.2 Å². The Kier molecular flexibility index (Phi) is 5.89. The maximum absolute atomic E-state index is 14.0. The number of carbonyl (C=O) groups excluding carboxylic acids is 1. The number of piperazine rings is 1. The van der Waals surface area contributed by atoms with Crippen molar-refractivity contribution in [2.75, 3.05) is 38.5 Å². The molecule has 0 spiro atoms. The molecule has 2 saturated carbocycles. The van der Waals surface area contributed by atoms with Crippen LogP contribution in [0.4, 0.5) is 8.78 Å². The molecular formula is C21H29F2N3O3S. The molecule has 3 aliphatic rings. The average Bonchev–Trinajstić information content (AvgIpc) is 3.32. The third-order valence-electron chi connectivity index (χ3n) is 6.89. The van der Waals surface area contributed by atoms with Gasteiger partial charge in [0.15, 0.2) is 0 Å². The summed E-state index contributed by atoms with van der Waals surface area (Å²) in [6.45, 7) is 4.26. The summed E-state index contributed by atoms with van der Waals surface area (Å²) in [5.74, 6) is -1.05. The van der Waals surface area contributed by atoms with Crippen LogP contribution in [0.2, 0.25) is 0 Å². The number of fused-ring (bicyclic) bond motifs is 1. The minimum absolute atomic E-state index is 0.159. The van der Waals surface area contributed by atoms with Crippen molar-refractivity contribution in [1.29, 1.82) is 0 Å². The van der Waals surface area contributed by atoms with E-state index in [0.717, 1.165) is 25.0 Å². The zero-order chi connectivity index (χ0) is 21.5. The number of rotatable bonds is 7. The van der Waals surface area contributed by atoms with Gasteiger partial charge in [0.05, 0.1) is 5.75 Å². The normalized spacial score (nSPS) is 29.6. The Balaban J connectivity index is 1.44. The van der Waals surface area contributed by atoms with Crippen molar-refractivity contribution < 1.29 is 22.0 Å². The van der Waals surface area contributed by atoms with Crippen molar-refractivity contribution in [3.05, 3.63) is 35.4 Å². The zero-order valence-corrected chi connectivity index (χ0v) is 18.1. The minimum Gasteiger partial charge on any atom is -0.350 e. The second-order valence-corrected chi connectivity index (χ2v) is 11.0. The Labute approximate surface area is 176 Å². The first-order valence-corrected chi connectivity index (χ1v) is 12.3. The molecule has 4 rings (SSSR count). The monoisotopic (exact) mass is 441 g/mol. The lowest BCUT2D eigenvalue weighted by Gasteiger charge is -2.46. The van der Waals surface area contributed by atoms with E-state index in [-0.39, 0.29) is 11.3 Å². The summed E-state index contributed by atoms with van der Waals surface area (Å²) in [5, 5.41) is 2.77. The number of hydrogen-bond donors (Lipinski definition) is 1. The zero-order valence-electron chi connectivity index (χ0n) is 17.2. The van der Waals surface area contributed by atoms with E-state index in [1.807, 2.05) is 6.92 Å². The van der Waals surface area contributed by atoms with Gasteiger partial charge < -0.3 is 5.32 Å². The second kappa shape index (κ2) is 8.16. The molecule has 9 heteroatoms. The Morgan fingerprint density at radius 1 is 1.13 bits per heavy atom. The van der Waals surface area contributed by atoms with Crippen LogP contribution in [0.15, 0.2) is 18.2 Å². The molecule has 0 aromatic heterocycles. The van der Waals surface area contributed by atoms with Crippen LogP contribution in [-0.4, -0.2) is 67.5 Å². The number of halogens is 2. The van der Waals surface area contributed by atoms with Gasteiger partial charge in [0, 0.05) is 38.3 Å². The van der Waals surface area contributed by atoms with Crippen molar-refractivity contribution in [1.82, 2.24) is 14.5 Å². The SMILES string of the molecule is CCCS(=O)(=O)N1CCN(C2(CNC(=O)c3c(F)cccc3F)C[C@H]3C[C@H]3C2)CC1. The molecule has 1 amide bonds. The molecule has 30 heavy (non-hydrogen) atoms. The van der Waals surface area contributed by atoms with Crippen LogP contribution >= 0.6 is 0 Å². The molecule has 1 saturated heterocycles. The van der Waals surface area contributed by atoms with E-state index in [4.69, 9.17) is 0 Å². The van der Waals surface area contributed by atoms with Gasteiger partial charge in [0.1, 0.15) is 17.2 Å². The maximum Gasteiger partial charge on any atom is 0.257 e. The lowest BCUT2D eigenvalue weighted by molar-refractivity contribution is 0.0457. The number of amides is 1. The van der Waals surface area contributed by atoms with Crippen LogP contribution < -0.4 is 5.32 Å². The third-order valence-corrected chi connectivity index (χ3v) is 8.96. The van der Waals surface area contributed by atoms with Crippen LogP contribution in [0.5, 0.6) is 0 Å². The summed E-state index contributed by atoms with van der Waals surface area (Å²) in [4.78, 5) is 14.8. The fraction of sp³-hybridized carbons (Fsp3) is 0.667. The summed E-state index contributed by atoms with van der Waals surface area (Å²) in [6, 6.07) is 3.39. The van der Waals surface area contributed by atoms with Gasteiger partial charge in [0.2, 0.25) is 10.0 Å². The molecule has 2 aliphatic carbocycles. The van der Waals surface area contributed by atoms with Crippen molar-refractivity contribution in [2.24, 2.45) is 11.8 Å². The van der Waals surface area contributed by atoms with Gasteiger partial charge in [-0.2, -0.15) is 4.31 Å². The standard InChI is InChI=1S/C21H29F2N3O3S/c1-2-10-30(28,29)26-8-6-25(7-9-26)21(12-15-11-16(15)13-21)14-24-20(27)19-17(22)4-3-5-18(19)23/h3-5,15-16H,2,6-14H2,1H3,(H,24,27)/t15-,16+,21?. The first kappa shape index (κ1) is 21.6. The molecule has 1 aromatic rings. The summed E-state index contributed by atoms with van der Waals surface area (Å²) in [6.07, 6.45) is 3.65. The Morgan fingerprint density at radius 2 is 1.73 bits per heavy atom. The van der Waals surface area contributed by atoms with Gasteiger partial charge in [-0.1, -0.05) is 13.0 Å². The molecule has 0 bridgehead atoms. The predicted octanol–water partition coefficient (Wildman–Crippen LogP) is 2.22. The molecule has 1 unspecified atom stereocenters. The van der Waals surface area contributed by atoms with Crippen LogP contribution in [0.3, 0.4) is 0 Å². The molecule has 0 radical (unpaired) electrons. The van der Waals surface area contributed by atoms with Crippen molar-refractivity contribution in [3.8, 4) is 0 Å². The van der Waals surface area contributed by atoms with Crippen LogP contribution in [0.25, 0.3) is 0 Å². The highest BCUT2D eigenvalue weighted by Crippen LogP contribution is 2.57. The van der Waals surface area contributed by atoms with Gasteiger partial charge in [-0.05, 0) is 49.7 Å². The van der Waals surface area contributed by atoms with Crippen LogP contribution in [-0.2, 0) is 10.0 Å². The molecule has 1 heterocycles. The quantitative estimate of drug-likeness (QED) is 0.705. The maximum atomic E-state index is 14.0. The Bertz CT molecular complexity index is 886. The molecule has 1 N–H and O–H groups in total. The van der Waals surface area contributed by atoms with E-state index in [9.17, 15) is 22.0 Å². The van der Waals surface area contributed by atoms with E-state index >= 15 is 0 Å². The largest absolute Gasteiger partial charge is 0.350 e. The summed E-state index contributed by atoms with van der Waals surface area (Å²) < 4.78 is 54.2. The number of hydrogen-bond acceptors (Lipinski definition) is 4. The number of nitrogens with one attached hydrogen (secondary N) is 1. The highest BCUT2D eigenvalue weighted by molar-refractivity contribution is 7.89. The van der Waals surface area contributed by atoms with E-state index in [1.165, 1.54) is 12.5 Å². The first-order valence-electron chi connectivity index (χ1n) is 10.7. The smallest absolute Gasteiger partial charge is 0.257 e. The minimum atomic E-state index is -3.22. The Morgan fingerprint density at radius 3 is 2.30 bits per heavy atom. The molecule has 3 atom stereocenters. The van der Waals surface area contributed by atoms with E-state index in [1.54, 1.807) is 4.31 Å².